The molecule has 0 radical (unpaired) electrons. The van der Waals surface area contributed by atoms with E-state index in [9.17, 15) is 9.18 Å². The van der Waals surface area contributed by atoms with Gasteiger partial charge in [0.25, 0.3) is 5.91 Å². The summed E-state index contributed by atoms with van der Waals surface area (Å²) in [5.74, 6) is 1.05. The Labute approximate surface area is 166 Å². The fourth-order valence-electron chi connectivity index (χ4n) is 4.61. The lowest BCUT2D eigenvalue weighted by atomic mass is 9.82. The molecule has 0 saturated carbocycles. The number of piperidine rings is 1. The minimum absolute atomic E-state index is 0.0428. The Morgan fingerprint density at radius 1 is 1.14 bits per heavy atom. The molecule has 2 aromatic rings. The number of nitrogens with zero attached hydrogens (tertiary/aromatic N) is 1. The van der Waals surface area contributed by atoms with Crippen LogP contribution in [0, 0.1) is 17.7 Å². The molecular formula is C23H28FN3O. The highest BCUT2D eigenvalue weighted by Crippen LogP contribution is 2.29. The van der Waals surface area contributed by atoms with Gasteiger partial charge in [-0.05, 0) is 48.4 Å². The molecule has 0 aliphatic carbocycles. The molecule has 2 saturated heterocycles. The van der Waals surface area contributed by atoms with Crippen LogP contribution in [0.15, 0.2) is 48.5 Å². The van der Waals surface area contributed by atoms with Crippen molar-refractivity contribution in [3.8, 4) is 11.1 Å². The molecule has 28 heavy (non-hydrogen) atoms. The van der Waals surface area contributed by atoms with Gasteiger partial charge >= 0.3 is 0 Å². The number of hydrazine groups is 1. The Morgan fingerprint density at radius 3 is 2.68 bits per heavy atom. The Kier molecular flexibility index (Phi) is 5.74. The topological polar surface area (TPSA) is 44.4 Å². The molecule has 2 N–H and O–H groups in total. The number of nitrogens with one attached hydrogen (secondary N) is 2. The standard InChI is InChI=1S/C23H28FN3O/c1-2-16-15-25-26-22(16)17-10-12-27(13-11-17)23(28)19-7-5-6-18(14-19)20-8-3-4-9-21(20)24/h3-9,14,16-17,22,25-26H,2,10-13,15H2,1H3. The quantitative estimate of drug-likeness (QED) is 0.846. The van der Waals surface area contributed by atoms with Crippen molar-refractivity contribution >= 4 is 5.91 Å². The molecular weight excluding hydrogens is 353 g/mol. The lowest BCUT2D eigenvalue weighted by Crippen LogP contribution is -2.46. The van der Waals surface area contributed by atoms with Crippen LogP contribution >= 0.6 is 0 Å². The van der Waals surface area contributed by atoms with Crippen molar-refractivity contribution in [3.63, 3.8) is 0 Å². The first kappa shape index (κ1) is 19.1. The molecule has 2 unspecified atom stereocenters. The number of halogens is 1. The third-order valence-corrected chi connectivity index (χ3v) is 6.29. The smallest absolute Gasteiger partial charge is 0.253 e. The molecule has 4 nitrogen and oxygen atoms in total. The van der Waals surface area contributed by atoms with E-state index in [-0.39, 0.29) is 11.7 Å². The minimum atomic E-state index is -0.268. The van der Waals surface area contributed by atoms with Crippen molar-refractivity contribution in [3.05, 3.63) is 59.9 Å². The van der Waals surface area contributed by atoms with E-state index in [0.717, 1.165) is 38.0 Å². The average Bonchev–Trinajstić information content (AvgIpc) is 3.23. The fourth-order valence-corrected chi connectivity index (χ4v) is 4.61. The molecule has 2 fully saturated rings. The van der Waals surface area contributed by atoms with Gasteiger partial charge in [0.15, 0.2) is 0 Å². The zero-order valence-electron chi connectivity index (χ0n) is 16.3. The number of amides is 1. The summed E-state index contributed by atoms with van der Waals surface area (Å²) in [7, 11) is 0. The summed E-state index contributed by atoms with van der Waals surface area (Å²) in [5, 5.41) is 0. The van der Waals surface area contributed by atoms with E-state index in [2.05, 4.69) is 17.8 Å². The number of carbonyl (C=O) groups excluding carboxylic acids is 1. The zero-order valence-corrected chi connectivity index (χ0v) is 16.3. The van der Waals surface area contributed by atoms with Gasteiger partial charge in [-0.2, -0.15) is 0 Å². The molecule has 2 aliphatic heterocycles. The first-order chi connectivity index (χ1) is 13.7. The van der Waals surface area contributed by atoms with E-state index in [4.69, 9.17) is 0 Å². The monoisotopic (exact) mass is 381 g/mol. The lowest BCUT2D eigenvalue weighted by Gasteiger charge is -2.36. The van der Waals surface area contributed by atoms with Crippen LogP contribution in [0.3, 0.4) is 0 Å². The van der Waals surface area contributed by atoms with Gasteiger partial charge in [-0.25, -0.2) is 4.39 Å². The Bertz CT molecular complexity index is 832. The van der Waals surface area contributed by atoms with Gasteiger partial charge in [0.05, 0.1) is 0 Å². The fraction of sp³-hybridized carbons (Fsp3) is 0.435. The summed E-state index contributed by atoms with van der Waals surface area (Å²) in [6, 6.07) is 14.5. The van der Waals surface area contributed by atoms with Crippen molar-refractivity contribution in [2.45, 2.75) is 32.2 Å². The lowest BCUT2D eigenvalue weighted by molar-refractivity contribution is 0.0663. The molecule has 0 spiro atoms. The van der Waals surface area contributed by atoms with Crippen molar-refractivity contribution in [1.82, 2.24) is 15.8 Å². The Balaban J connectivity index is 1.43. The number of rotatable bonds is 4. The highest BCUT2D eigenvalue weighted by molar-refractivity contribution is 5.95. The van der Waals surface area contributed by atoms with Gasteiger partial charge in [0.2, 0.25) is 0 Å². The van der Waals surface area contributed by atoms with Gasteiger partial charge in [-0.1, -0.05) is 43.7 Å². The van der Waals surface area contributed by atoms with Crippen molar-refractivity contribution in [2.24, 2.45) is 11.8 Å². The maximum atomic E-state index is 14.1. The van der Waals surface area contributed by atoms with Crippen LogP contribution in [-0.2, 0) is 0 Å². The number of benzene rings is 2. The Morgan fingerprint density at radius 2 is 1.93 bits per heavy atom. The maximum absolute atomic E-state index is 14.1. The highest BCUT2D eigenvalue weighted by Gasteiger charge is 2.35. The molecule has 2 atom stereocenters. The van der Waals surface area contributed by atoms with Crippen molar-refractivity contribution in [2.75, 3.05) is 19.6 Å². The van der Waals surface area contributed by atoms with E-state index in [1.165, 1.54) is 12.5 Å². The molecule has 4 rings (SSSR count). The van der Waals surface area contributed by atoms with Gasteiger partial charge in [0.1, 0.15) is 5.82 Å². The van der Waals surface area contributed by atoms with Crippen LogP contribution in [0.2, 0.25) is 0 Å². The predicted octanol–water partition coefficient (Wildman–Crippen LogP) is 3.85. The average molecular weight is 381 g/mol. The van der Waals surface area contributed by atoms with Crippen molar-refractivity contribution in [1.29, 1.82) is 0 Å². The minimum Gasteiger partial charge on any atom is -0.339 e. The molecule has 5 heteroatoms. The van der Waals surface area contributed by atoms with Gasteiger partial charge < -0.3 is 4.90 Å². The van der Waals surface area contributed by atoms with Crippen LogP contribution in [0.1, 0.15) is 36.5 Å². The number of likely N-dealkylation sites (tertiary alicyclic amines) is 1. The molecule has 0 bridgehead atoms. The van der Waals surface area contributed by atoms with E-state index in [1.807, 2.05) is 35.2 Å². The van der Waals surface area contributed by atoms with E-state index in [0.29, 0.717) is 29.0 Å². The molecule has 2 heterocycles. The molecule has 1 amide bonds. The predicted molar refractivity (Wildman–Crippen MR) is 109 cm³/mol. The number of hydrogen-bond donors (Lipinski definition) is 2. The second kappa shape index (κ2) is 8.41. The Hall–Kier alpha value is -2.24. The molecule has 2 aromatic carbocycles. The van der Waals surface area contributed by atoms with Crippen LogP contribution in [0.5, 0.6) is 0 Å². The van der Waals surface area contributed by atoms with Crippen molar-refractivity contribution < 1.29 is 9.18 Å². The number of hydrogen-bond acceptors (Lipinski definition) is 3. The number of carbonyl (C=O) groups is 1. The summed E-state index contributed by atoms with van der Waals surface area (Å²) in [6.45, 7) is 4.83. The van der Waals surface area contributed by atoms with Crippen LogP contribution in [0.4, 0.5) is 4.39 Å². The van der Waals surface area contributed by atoms with Crippen LogP contribution in [0.25, 0.3) is 11.1 Å². The summed E-state index contributed by atoms with van der Waals surface area (Å²) < 4.78 is 14.1. The zero-order chi connectivity index (χ0) is 19.5. The molecule has 148 valence electrons. The summed E-state index contributed by atoms with van der Waals surface area (Å²) in [6.07, 6.45) is 3.22. The first-order valence-electron chi connectivity index (χ1n) is 10.3. The maximum Gasteiger partial charge on any atom is 0.253 e. The third-order valence-electron chi connectivity index (χ3n) is 6.29. The molecule has 2 aliphatic rings. The SMILES string of the molecule is CCC1CNNC1C1CCN(C(=O)c2cccc(-c3ccccc3F)c2)CC1. The summed E-state index contributed by atoms with van der Waals surface area (Å²) in [4.78, 5) is 15.0. The van der Waals surface area contributed by atoms with E-state index < -0.39 is 0 Å². The second-order valence-electron chi connectivity index (χ2n) is 7.91. The second-order valence-corrected chi connectivity index (χ2v) is 7.91. The van der Waals surface area contributed by atoms with Crippen LogP contribution in [-0.4, -0.2) is 36.5 Å². The highest BCUT2D eigenvalue weighted by atomic mass is 19.1. The van der Waals surface area contributed by atoms with E-state index >= 15 is 0 Å². The van der Waals surface area contributed by atoms with Gasteiger partial charge in [-0.15, -0.1) is 0 Å². The summed E-state index contributed by atoms with van der Waals surface area (Å²) >= 11 is 0. The van der Waals surface area contributed by atoms with Gasteiger partial charge in [-0.3, -0.25) is 15.6 Å². The largest absolute Gasteiger partial charge is 0.339 e. The first-order valence-corrected chi connectivity index (χ1v) is 10.3. The molecule has 0 aromatic heterocycles. The third kappa shape index (κ3) is 3.82. The summed E-state index contributed by atoms with van der Waals surface area (Å²) in [5.41, 5.74) is 8.64. The van der Waals surface area contributed by atoms with E-state index in [1.54, 1.807) is 12.1 Å². The van der Waals surface area contributed by atoms with Gasteiger partial charge in [0, 0.05) is 36.8 Å². The van der Waals surface area contributed by atoms with Crippen LogP contribution < -0.4 is 10.9 Å². The normalized spacial score (nSPS) is 23.1.